The van der Waals surface area contributed by atoms with Crippen LogP contribution < -0.4 is 0 Å². The highest BCUT2D eigenvalue weighted by molar-refractivity contribution is 7.88. The van der Waals surface area contributed by atoms with Crippen LogP contribution >= 0.6 is 11.3 Å². The fourth-order valence-corrected chi connectivity index (χ4v) is 4.87. The highest BCUT2D eigenvalue weighted by atomic mass is 32.2. The van der Waals surface area contributed by atoms with E-state index in [4.69, 9.17) is 4.74 Å². The van der Waals surface area contributed by atoms with Gasteiger partial charge in [0, 0.05) is 37.0 Å². The molecule has 6 nitrogen and oxygen atoms in total. The van der Waals surface area contributed by atoms with E-state index in [-0.39, 0.29) is 5.41 Å². The summed E-state index contributed by atoms with van der Waals surface area (Å²) in [5, 5.41) is 3.19. The summed E-state index contributed by atoms with van der Waals surface area (Å²) in [5.41, 5.74) is 1.03. The van der Waals surface area contributed by atoms with Crippen LogP contribution in [-0.2, 0) is 21.3 Å². The summed E-state index contributed by atoms with van der Waals surface area (Å²) >= 11 is 1.67. The Bertz CT molecular complexity index is 631. The Morgan fingerprint density at radius 2 is 2.23 bits per heavy atom. The van der Waals surface area contributed by atoms with Crippen molar-refractivity contribution in [1.29, 1.82) is 0 Å². The number of sulfonamides is 1. The molecule has 3 rings (SSSR count). The molecule has 0 saturated carbocycles. The molecule has 1 aromatic rings. The third kappa shape index (κ3) is 3.68. The van der Waals surface area contributed by atoms with Gasteiger partial charge in [-0.25, -0.2) is 13.4 Å². The van der Waals surface area contributed by atoms with Gasteiger partial charge in [-0.3, -0.25) is 4.90 Å². The van der Waals surface area contributed by atoms with Crippen LogP contribution in [0.1, 0.15) is 17.1 Å². The van der Waals surface area contributed by atoms with E-state index >= 15 is 0 Å². The summed E-state index contributed by atoms with van der Waals surface area (Å²) in [6.45, 7) is 6.86. The van der Waals surface area contributed by atoms with Crippen LogP contribution in [-0.4, -0.2) is 68.3 Å². The predicted octanol–water partition coefficient (Wildman–Crippen LogP) is 0.935. The van der Waals surface area contributed by atoms with Crippen LogP contribution in [0.25, 0.3) is 0 Å². The maximum atomic E-state index is 11.9. The van der Waals surface area contributed by atoms with Gasteiger partial charge in [-0.05, 0) is 19.9 Å². The third-order valence-electron chi connectivity index (χ3n) is 4.44. The predicted molar refractivity (Wildman–Crippen MR) is 86.4 cm³/mol. The van der Waals surface area contributed by atoms with E-state index in [9.17, 15) is 8.42 Å². The number of nitrogens with zero attached hydrogens (tertiary/aromatic N) is 3. The third-order valence-corrected chi connectivity index (χ3v) is 6.52. The standard InChI is InChI=1S/C14H23N3O3S2/c1-12-15-13(8-21-12)7-16-4-3-14(9-16)10-17(22(2,18)19)5-6-20-11-14/h8H,3-7,9-11H2,1-2H3/t14-/m0/s1. The normalized spacial score (nSPS) is 28.3. The highest BCUT2D eigenvalue weighted by Gasteiger charge is 2.42. The zero-order valence-electron chi connectivity index (χ0n) is 13.1. The molecule has 0 aliphatic carbocycles. The van der Waals surface area contributed by atoms with Crippen LogP contribution in [0.4, 0.5) is 0 Å². The fraction of sp³-hybridized carbons (Fsp3) is 0.786. The van der Waals surface area contributed by atoms with Crippen molar-refractivity contribution in [3.05, 3.63) is 16.1 Å². The van der Waals surface area contributed by atoms with Crippen molar-refractivity contribution in [3.8, 4) is 0 Å². The number of thiazole rings is 1. The van der Waals surface area contributed by atoms with Gasteiger partial charge in [0.25, 0.3) is 0 Å². The molecule has 2 aliphatic rings. The van der Waals surface area contributed by atoms with E-state index in [0.29, 0.717) is 26.3 Å². The lowest BCUT2D eigenvalue weighted by molar-refractivity contribution is 0.0720. The Morgan fingerprint density at radius 1 is 1.41 bits per heavy atom. The number of hydrogen-bond donors (Lipinski definition) is 0. The second kappa shape index (κ2) is 6.16. The Hall–Kier alpha value is -0.540. The molecule has 0 aromatic carbocycles. The van der Waals surface area contributed by atoms with E-state index < -0.39 is 10.0 Å². The number of aryl methyl sites for hydroxylation is 1. The second-order valence-electron chi connectivity index (χ2n) is 6.47. The molecule has 124 valence electrons. The molecular weight excluding hydrogens is 322 g/mol. The first kappa shape index (κ1) is 16.3. The largest absolute Gasteiger partial charge is 0.379 e. The number of aromatic nitrogens is 1. The van der Waals surface area contributed by atoms with Gasteiger partial charge in [0.05, 0.1) is 30.2 Å². The van der Waals surface area contributed by atoms with E-state index in [2.05, 4.69) is 15.3 Å². The lowest BCUT2D eigenvalue weighted by Gasteiger charge is -2.30. The molecule has 2 aliphatic heterocycles. The molecule has 0 unspecified atom stereocenters. The van der Waals surface area contributed by atoms with Crippen molar-refractivity contribution >= 4 is 21.4 Å². The molecule has 0 radical (unpaired) electrons. The topological polar surface area (TPSA) is 62.7 Å². The molecule has 1 aromatic heterocycles. The molecule has 22 heavy (non-hydrogen) atoms. The van der Waals surface area contributed by atoms with Gasteiger partial charge in [-0.2, -0.15) is 4.31 Å². The molecule has 3 heterocycles. The summed E-state index contributed by atoms with van der Waals surface area (Å²) in [5.74, 6) is 0. The molecular formula is C14H23N3O3S2. The van der Waals surface area contributed by atoms with Crippen LogP contribution in [0.2, 0.25) is 0 Å². The Balaban J connectivity index is 1.68. The minimum Gasteiger partial charge on any atom is -0.379 e. The second-order valence-corrected chi connectivity index (χ2v) is 9.51. The first-order valence-corrected chi connectivity index (χ1v) is 10.3. The molecule has 0 amide bonds. The van der Waals surface area contributed by atoms with Gasteiger partial charge in [0.1, 0.15) is 0 Å². The van der Waals surface area contributed by atoms with E-state index in [1.54, 1.807) is 15.6 Å². The summed E-state index contributed by atoms with van der Waals surface area (Å²) < 4.78 is 31.1. The Morgan fingerprint density at radius 3 is 2.91 bits per heavy atom. The average molecular weight is 345 g/mol. The monoisotopic (exact) mass is 345 g/mol. The van der Waals surface area contributed by atoms with Crippen molar-refractivity contribution in [1.82, 2.24) is 14.2 Å². The van der Waals surface area contributed by atoms with Crippen LogP contribution in [0.5, 0.6) is 0 Å². The first-order chi connectivity index (χ1) is 10.4. The van der Waals surface area contributed by atoms with Crippen LogP contribution in [0.3, 0.4) is 0 Å². The fourth-order valence-electron chi connectivity index (χ4n) is 3.36. The maximum absolute atomic E-state index is 11.9. The summed E-state index contributed by atoms with van der Waals surface area (Å²) in [4.78, 5) is 6.88. The van der Waals surface area contributed by atoms with Crippen molar-refractivity contribution < 1.29 is 13.2 Å². The lowest BCUT2D eigenvalue weighted by Crippen LogP contribution is -2.42. The molecule has 2 fully saturated rings. The smallest absolute Gasteiger partial charge is 0.211 e. The van der Waals surface area contributed by atoms with E-state index in [1.165, 1.54) is 6.26 Å². The minimum absolute atomic E-state index is 0.0787. The van der Waals surface area contributed by atoms with Crippen LogP contribution in [0.15, 0.2) is 5.38 Å². The van der Waals surface area contributed by atoms with Gasteiger partial charge in [0.15, 0.2) is 0 Å². The molecule has 0 N–H and O–H groups in total. The summed E-state index contributed by atoms with van der Waals surface area (Å²) in [6, 6.07) is 0. The van der Waals surface area contributed by atoms with Crippen LogP contribution in [0, 0.1) is 12.3 Å². The zero-order valence-corrected chi connectivity index (χ0v) is 14.8. The van der Waals surface area contributed by atoms with Crippen molar-refractivity contribution in [3.63, 3.8) is 0 Å². The van der Waals surface area contributed by atoms with Gasteiger partial charge in [0.2, 0.25) is 10.0 Å². The number of ether oxygens (including phenoxy) is 1. The van der Waals surface area contributed by atoms with Crippen molar-refractivity contribution in [2.75, 3.05) is 45.6 Å². The van der Waals surface area contributed by atoms with Gasteiger partial charge in [-0.1, -0.05) is 0 Å². The summed E-state index contributed by atoms with van der Waals surface area (Å²) in [7, 11) is -3.16. The van der Waals surface area contributed by atoms with Gasteiger partial charge in [-0.15, -0.1) is 11.3 Å². The molecule has 8 heteroatoms. The maximum Gasteiger partial charge on any atom is 0.211 e. The van der Waals surface area contributed by atoms with E-state index in [0.717, 1.165) is 36.8 Å². The van der Waals surface area contributed by atoms with Gasteiger partial charge >= 0.3 is 0 Å². The van der Waals surface area contributed by atoms with Crippen molar-refractivity contribution in [2.24, 2.45) is 5.41 Å². The molecule has 1 atom stereocenters. The quantitative estimate of drug-likeness (QED) is 0.816. The first-order valence-electron chi connectivity index (χ1n) is 7.53. The lowest BCUT2D eigenvalue weighted by atomic mass is 9.88. The number of likely N-dealkylation sites (tertiary alicyclic amines) is 1. The number of rotatable bonds is 3. The zero-order chi connectivity index (χ0) is 15.8. The number of hydrogen-bond acceptors (Lipinski definition) is 6. The Kier molecular flexibility index (Phi) is 4.57. The summed E-state index contributed by atoms with van der Waals surface area (Å²) in [6.07, 6.45) is 2.26. The Labute approximate surface area is 136 Å². The highest BCUT2D eigenvalue weighted by Crippen LogP contribution is 2.34. The van der Waals surface area contributed by atoms with Gasteiger partial charge < -0.3 is 4.74 Å². The molecule has 0 bridgehead atoms. The average Bonchev–Trinajstić information content (AvgIpc) is 2.92. The minimum atomic E-state index is -3.16. The van der Waals surface area contributed by atoms with E-state index in [1.807, 2.05) is 6.92 Å². The van der Waals surface area contributed by atoms with Crippen molar-refractivity contribution in [2.45, 2.75) is 19.9 Å². The molecule has 2 saturated heterocycles. The SMILES string of the molecule is Cc1nc(CN2CC[C@]3(COCCN(S(C)(=O)=O)C3)C2)cs1. The molecule has 1 spiro atoms.